The van der Waals surface area contributed by atoms with Crippen LogP contribution in [-0.4, -0.2) is 29.2 Å². The molecular formula is C21H30O3. The number of fused-ring (bicyclic) bond motifs is 4. The summed E-state index contributed by atoms with van der Waals surface area (Å²) in [7, 11) is 0. The van der Waals surface area contributed by atoms with E-state index in [1.807, 2.05) is 6.08 Å². The average molecular weight is 330 g/mol. The first kappa shape index (κ1) is 16.5. The van der Waals surface area contributed by atoms with Crippen molar-refractivity contribution in [2.75, 3.05) is 13.2 Å². The van der Waals surface area contributed by atoms with Gasteiger partial charge < -0.3 is 10.2 Å². The zero-order valence-corrected chi connectivity index (χ0v) is 14.6. The van der Waals surface area contributed by atoms with Gasteiger partial charge in [-0.05, 0) is 98.2 Å². The molecule has 0 radical (unpaired) electrons. The van der Waals surface area contributed by atoms with Gasteiger partial charge in [0.05, 0.1) is 0 Å². The average Bonchev–Trinajstić information content (AvgIpc) is 2.98. The summed E-state index contributed by atoms with van der Waals surface area (Å²) in [4.78, 5) is 11.7. The van der Waals surface area contributed by atoms with E-state index in [-0.39, 0.29) is 12.0 Å². The third kappa shape index (κ3) is 2.43. The maximum atomic E-state index is 11.7. The third-order valence-electron chi connectivity index (χ3n) is 7.63. The summed E-state index contributed by atoms with van der Waals surface area (Å²) < 4.78 is 0. The van der Waals surface area contributed by atoms with Gasteiger partial charge in [-0.25, -0.2) is 0 Å². The highest BCUT2D eigenvalue weighted by molar-refractivity contribution is 5.93. The molecule has 2 N–H and O–H groups in total. The van der Waals surface area contributed by atoms with Gasteiger partial charge in [-0.15, -0.1) is 0 Å². The van der Waals surface area contributed by atoms with Crippen LogP contribution in [0.4, 0.5) is 0 Å². The third-order valence-corrected chi connectivity index (χ3v) is 7.63. The monoisotopic (exact) mass is 330 g/mol. The molecule has 0 saturated heterocycles. The van der Waals surface area contributed by atoms with Gasteiger partial charge in [-0.3, -0.25) is 4.79 Å². The van der Waals surface area contributed by atoms with Gasteiger partial charge in [0.25, 0.3) is 0 Å². The molecule has 4 atom stereocenters. The first-order valence-corrected chi connectivity index (χ1v) is 9.87. The minimum absolute atomic E-state index is 0.0929. The SMILES string of the molecule is O=C1C=C2CC[C@@H]3C(=C2CC1)CC[C@@]1(CO)C(CCCO)CC[C@@H]31. The summed E-state index contributed by atoms with van der Waals surface area (Å²) in [6.45, 7) is 0.581. The van der Waals surface area contributed by atoms with Gasteiger partial charge in [0.15, 0.2) is 5.78 Å². The van der Waals surface area contributed by atoms with Gasteiger partial charge in [-0.2, -0.15) is 0 Å². The van der Waals surface area contributed by atoms with Crippen LogP contribution in [0.25, 0.3) is 0 Å². The Kier molecular flexibility index (Phi) is 4.42. The van der Waals surface area contributed by atoms with Gasteiger partial charge in [0, 0.05) is 19.6 Å². The van der Waals surface area contributed by atoms with E-state index in [2.05, 4.69) is 0 Å². The van der Waals surface area contributed by atoms with Crippen molar-refractivity contribution in [3.63, 3.8) is 0 Å². The Morgan fingerprint density at radius 3 is 2.75 bits per heavy atom. The lowest BCUT2D eigenvalue weighted by molar-refractivity contribution is -0.114. The minimum atomic E-state index is 0.0929. The smallest absolute Gasteiger partial charge is 0.156 e. The van der Waals surface area contributed by atoms with Crippen LogP contribution in [0, 0.1) is 23.2 Å². The topological polar surface area (TPSA) is 57.5 Å². The summed E-state index contributed by atoms with van der Waals surface area (Å²) in [6.07, 6.45) is 12.3. The van der Waals surface area contributed by atoms with Gasteiger partial charge >= 0.3 is 0 Å². The molecule has 2 fully saturated rings. The predicted octanol–water partition coefficient (Wildman–Crippen LogP) is 3.55. The van der Waals surface area contributed by atoms with Crippen molar-refractivity contribution >= 4 is 5.78 Å². The van der Waals surface area contributed by atoms with Gasteiger partial charge in [-0.1, -0.05) is 5.57 Å². The second-order valence-electron chi connectivity index (χ2n) is 8.42. The number of carbonyl (C=O) groups excluding carboxylic acids is 1. The van der Waals surface area contributed by atoms with E-state index in [1.54, 1.807) is 5.57 Å². The number of aliphatic hydroxyl groups is 2. The molecule has 24 heavy (non-hydrogen) atoms. The molecule has 132 valence electrons. The number of allylic oxidation sites excluding steroid dienone is 4. The van der Waals surface area contributed by atoms with Crippen molar-refractivity contribution in [2.45, 2.75) is 64.2 Å². The molecule has 0 aromatic heterocycles. The van der Waals surface area contributed by atoms with Crippen LogP contribution in [0.5, 0.6) is 0 Å². The van der Waals surface area contributed by atoms with Gasteiger partial charge in [0.2, 0.25) is 0 Å². The lowest BCUT2D eigenvalue weighted by Crippen LogP contribution is -2.44. The Balaban J connectivity index is 1.65. The molecule has 4 aliphatic carbocycles. The Labute approximate surface area is 144 Å². The fourth-order valence-electron chi connectivity index (χ4n) is 6.55. The van der Waals surface area contributed by atoms with Crippen molar-refractivity contribution in [2.24, 2.45) is 23.2 Å². The van der Waals surface area contributed by atoms with Crippen molar-refractivity contribution < 1.29 is 15.0 Å². The Hall–Kier alpha value is -0.930. The second-order valence-corrected chi connectivity index (χ2v) is 8.42. The Morgan fingerprint density at radius 2 is 1.96 bits per heavy atom. The van der Waals surface area contributed by atoms with Crippen molar-refractivity contribution in [1.29, 1.82) is 0 Å². The molecule has 4 rings (SSSR count). The number of hydrogen-bond donors (Lipinski definition) is 2. The first-order chi connectivity index (χ1) is 11.7. The summed E-state index contributed by atoms with van der Waals surface area (Å²) in [5.41, 5.74) is 4.56. The quantitative estimate of drug-likeness (QED) is 0.829. The summed E-state index contributed by atoms with van der Waals surface area (Å²) in [5, 5.41) is 19.6. The molecule has 0 aromatic carbocycles. The molecule has 0 heterocycles. The van der Waals surface area contributed by atoms with Crippen molar-refractivity contribution in [1.82, 2.24) is 0 Å². The second kappa shape index (κ2) is 6.42. The normalized spacial score (nSPS) is 38.5. The molecule has 0 amide bonds. The van der Waals surface area contributed by atoms with Crippen LogP contribution in [0.15, 0.2) is 22.8 Å². The van der Waals surface area contributed by atoms with Crippen molar-refractivity contribution in [3.05, 3.63) is 22.8 Å². The van der Waals surface area contributed by atoms with Crippen LogP contribution in [-0.2, 0) is 4.79 Å². The van der Waals surface area contributed by atoms with E-state index < -0.39 is 0 Å². The van der Waals surface area contributed by atoms with Crippen molar-refractivity contribution in [3.8, 4) is 0 Å². The highest BCUT2D eigenvalue weighted by atomic mass is 16.3. The molecule has 0 aromatic rings. The van der Waals surface area contributed by atoms with Crippen LogP contribution in [0.1, 0.15) is 64.2 Å². The van der Waals surface area contributed by atoms with Gasteiger partial charge in [0.1, 0.15) is 0 Å². The molecular weight excluding hydrogens is 300 g/mol. The minimum Gasteiger partial charge on any atom is -0.396 e. The molecule has 0 bridgehead atoms. The number of hydrogen-bond acceptors (Lipinski definition) is 3. The highest BCUT2D eigenvalue weighted by Gasteiger charge is 2.55. The number of aliphatic hydroxyl groups excluding tert-OH is 2. The lowest BCUT2D eigenvalue weighted by atomic mass is 9.55. The van der Waals surface area contributed by atoms with E-state index >= 15 is 0 Å². The predicted molar refractivity (Wildman–Crippen MR) is 93.4 cm³/mol. The first-order valence-electron chi connectivity index (χ1n) is 9.87. The van der Waals surface area contributed by atoms with Crippen LogP contribution in [0.2, 0.25) is 0 Å². The molecule has 4 aliphatic rings. The van der Waals surface area contributed by atoms with Crippen LogP contribution in [0.3, 0.4) is 0 Å². The van der Waals surface area contributed by atoms with E-state index in [4.69, 9.17) is 0 Å². The molecule has 2 saturated carbocycles. The van der Waals surface area contributed by atoms with Crippen LogP contribution >= 0.6 is 0 Å². The number of rotatable bonds is 4. The standard InChI is InChI=1S/C21H30O3/c22-11-1-2-15-4-8-20-19-6-3-14-12-16(24)5-7-17(14)18(19)9-10-21(15,20)13-23/h12,15,19-20,22-23H,1-11,13H2/t15?,19-,20+,21-/m1/s1. The molecule has 3 nitrogen and oxygen atoms in total. The van der Waals surface area contributed by atoms with E-state index in [9.17, 15) is 15.0 Å². The molecule has 1 unspecified atom stereocenters. The number of ketones is 1. The molecule has 3 heteroatoms. The zero-order chi connectivity index (χ0) is 16.7. The largest absolute Gasteiger partial charge is 0.396 e. The summed E-state index contributed by atoms with van der Waals surface area (Å²) in [5.74, 6) is 2.13. The van der Waals surface area contributed by atoms with E-state index in [0.717, 1.165) is 44.9 Å². The van der Waals surface area contributed by atoms with E-state index in [1.165, 1.54) is 24.0 Å². The zero-order valence-electron chi connectivity index (χ0n) is 14.6. The summed E-state index contributed by atoms with van der Waals surface area (Å²) >= 11 is 0. The summed E-state index contributed by atoms with van der Waals surface area (Å²) in [6, 6.07) is 0. The maximum Gasteiger partial charge on any atom is 0.156 e. The Bertz CT molecular complexity index is 588. The highest BCUT2D eigenvalue weighted by Crippen LogP contribution is 2.62. The fourth-order valence-corrected chi connectivity index (χ4v) is 6.55. The number of carbonyl (C=O) groups is 1. The maximum absolute atomic E-state index is 11.7. The van der Waals surface area contributed by atoms with E-state index in [0.29, 0.717) is 36.6 Å². The fraction of sp³-hybridized carbons (Fsp3) is 0.762. The lowest BCUT2D eigenvalue weighted by Gasteiger charge is -2.50. The van der Waals surface area contributed by atoms with Crippen LogP contribution < -0.4 is 0 Å². The molecule has 0 aliphatic heterocycles. The Morgan fingerprint density at radius 1 is 1.08 bits per heavy atom. The molecule has 0 spiro atoms.